The van der Waals surface area contributed by atoms with Crippen LogP contribution in [-0.4, -0.2) is 45.3 Å². The van der Waals surface area contributed by atoms with Gasteiger partial charge in [-0.15, -0.1) is 10.2 Å². The van der Waals surface area contributed by atoms with Crippen LogP contribution in [0.3, 0.4) is 0 Å². The second-order valence-corrected chi connectivity index (χ2v) is 5.03. The summed E-state index contributed by atoms with van der Waals surface area (Å²) in [4.78, 5) is 10.6. The van der Waals surface area contributed by atoms with Crippen molar-refractivity contribution in [2.45, 2.75) is 11.7 Å². The van der Waals surface area contributed by atoms with Crippen LogP contribution in [0.2, 0.25) is 5.22 Å². The van der Waals surface area contributed by atoms with Crippen molar-refractivity contribution in [2.75, 3.05) is 19.5 Å². The van der Waals surface area contributed by atoms with Gasteiger partial charge < -0.3 is 14.3 Å². The molecular formula is C11H12ClN3O4S. The zero-order valence-electron chi connectivity index (χ0n) is 10.6. The van der Waals surface area contributed by atoms with Crippen LogP contribution in [0, 0.1) is 0 Å². The van der Waals surface area contributed by atoms with Gasteiger partial charge in [-0.1, -0.05) is 11.8 Å². The number of carboxylic acids is 1. The molecule has 7 nitrogen and oxygen atoms in total. The molecule has 0 atom stereocenters. The smallest absolute Gasteiger partial charge is 0.313 e. The first-order valence-corrected chi connectivity index (χ1v) is 7.00. The molecule has 0 aliphatic carbocycles. The summed E-state index contributed by atoms with van der Waals surface area (Å²) in [7, 11) is 1.58. The fourth-order valence-electron chi connectivity index (χ4n) is 1.56. The van der Waals surface area contributed by atoms with Crippen molar-refractivity contribution in [3.63, 3.8) is 0 Å². The highest BCUT2D eigenvalue weighted by molar-refractivity contribution is 7.99. The number of methoxy groups -OCH3 is 1. The summed E-state index contributed by atoms with van der Waals surface area (Å²) in [6.07, 6.45) is 1.46. The van der Waals surface area contributed by atoms with Gasteiger partial charge in [0.1, 0.15) is 0 Å². The third kappa shape index (κ3) is 3.33. The van der Waals surface area contributed by atoms with E-state index in [1.807, 2.05) is 0 Å². The molecule has 2 rings (SSSR count). The van der Waals surface area contributed by atoms with Crippen LogP contribution in [0.25, 0.3) is 11.4 Å². The molecule has 0 saturated heterocycles. The average molecular weight is 318 g/mol. The van der Waals surface area contributed by atoms with E-state index in [-0.39, 0.29) is 11.0 Å². The number of hydrogen-bond donors (Lipinski definition) is 1. The van der Waals surface area contributed by atoms with Gasteiger partial charge in [0.05, 0.1) is 30.7 Å². The summed E-state index contributed by atoms with van der Waals surface area (Å²) >= 11 is 7.03. The normalized spacial score (nSPS) is 10.9. The molecule has 0 spiro atoms. The average Bonchev–Trinajstić information content (AvgIpc) is 2.99. The zero-order chi connectivity index (χ0) is 14.5. The van der Waals surface area contributed by atoms with Crippen molar-refractivity contribution in [3.05, 3.63) is 17.5 Å². The van der Waals surface area contributed by atoms with Gasteiger partial charge in [-0.25, -0.2) is 0 Å². The maximum absolute atomic E-state index is 10.6. The Balaban J connectivity index is 2.31. The third-order valence-corrected chi connectivity index (χ3v) is 3.66. The van der Waals surface area contributed by atoms with Crippen molar-refractivity contribution in [2.24, 2.45) is 0 Å². The van der Waals surface area contributed by atoms with E-state index in [0.717, 1.165) is 11.8 Å². The molecule has 0 bridgehead atoms. The Morgan fingerprint density at radius 1 is 1.60 bits per heavy atom. The van der Waals surface area contributed by atoms with Gasteiger partial charge >= 0.3 is 5.97 Å². The summed E-state index contributed by atoms with van der Waals surface area (Å²) in [5, 5.41) is 17.5. The van der Waals surface area contributed by atoms with Gasteiger partial charge in [-0.05, 0) is 17.7 Å². The number of halogens is 1. The Hall–Kier alpha value is -1.51. The lowest BCUT2D eigenvalue weighted by Crippen LogP contribution is -2.08. The van der Waals surface area contributed by atoms with Crippen LogP contribution in [0.1, 0.15) is 0 Å². The van der Waals surface area contributed by atoms with Crippen molar-refractivity contribution < 1.29 is 19.1 Å². The van der Waals surface area contributed by atoms with Crippen molar-refractivity contribution in [3.8, 4) is 11.4 Å². The highest BCUT2D eigenvalue weighted by Crippen LogP contribution is 2.30. The summed E-state index contributed by atoms with van der Waals surface area (Å²) in [5.41, 5.74) is 0.609. The standard InChI is InChI=1S/C11H12ClN3O4S/c1-18-5-3-15-10(7-2-4-19-9(7)12)13-14-11(15)20-6-8(16)17/h2,4H,3,5-6H2,1H3,(H,16,17). The number of carbonyl (C=O) groups is 1. The van der Waals surface area contributed by atoms with E-state index in [4.69, 9.17) is 25.9 Å². The lowest BCUT2D eigenvalue weighted by atomic mass is 10.3. The van der Waals surface area contributed by atoms with Gasteiger partial charge in [-0.2, -0.15) is 0 Å². The largest absolute Gasteiger partial charge is 0.481 e. The predicted molar refractivity (Wildman–Crippen MR) is 73.0 cm³/mol. The summed E-state index contributed by atoms with van der Waals surface area (Å²) < 4.78 is 11.8. The van der Waals surface area contributed by atoms with E-state index < -0.39 is 5.97 Å². The van der Waals surface area contributed by atoms with E-state index >= 15 is 0 Å². The van der Waals surface area contributed by atoms with Crippen LogP contribution in [-0.2, 0) is 16.1 Å². The first-order valence-electron chi connectivity index (χ1n) is 5.63. The molecule has 2 heterocycles. The fourth-order valence-corrected chi connectivity index (χ4v) is 2.44. The second kappa shape index (κ2) is 6.78. The number of carboxylic acid groups (broad SMARTS) is 1. The molecule has 0 fully saturated rings. The van der Waals surface area contributed by atoms with Crippen LogP contribution >= 0.6 is 23.4 Å². The summed E-state index contributed by atoms with van der Waals surface area (Å²) in [6, 6.07) is 1.68. The quantitative estimate of drug-likeness (QED) is 0.781. The molecule has 2 aromatic heterocycles. The predicted octanol–water partition coefficient (Wildman–Crippen LogP) is 2.01. The minimum atomic E-state index is -0.917. The number of hydrogen-bond acceptors (Lipinski definition) is 6. The Labute approximate surface area is 123 Å². The Bertz CT molecular complexity index is 598. The number of furan rings is 1. The lowest BCUT2D eigenvalue weighted by molar-refractivity contribution is -0.133. The first kappa shape index (κ1) is 14.9. The van der Waals surface area contributed by atoms with E-state index in [1.165, 1.54) is 6.26 Å². The van der Waals surface area contributed by atoms with E-state index in [0.29, 0.717) is 29.7 Å². The summed E-state index contributed by atoms with van der Waals surface area (Å²) in [6.45, 7) is 0.934. The topological polar surface area (TPSA) is 90.4 Å². The zero-order valence-corrected chi connectivity index (χ0v) is 12.1. The number of ether oxygens (including phenoxy) is 1. The van der Waals surface area contributed by atoms with Gasteiger partial charge in [0.25, 0.3) is 0 Å². The minimum absolute atomic E-state index is 0.0930. The molecule has 0 saturated carbocycles. The Morgan fingerprint density at radius 2 is 2.40 bits per heavy atom. The highest BCUT2D eigenvalue weighted by Gasteiger charge is 2.18. The highest BCUT2D eigenvalue weighted by atomic mass is 35.5. The van der Waals surface area contributed by atoms with Gasteiger partial charge in [0.2, 0.25) is 5.22 Å². The van der Waals surface area contributed by atoms with Crippen molar-refractivity contribution >= 4 is 29.3 Å². The van der Waals surface area contributed by atoms with Crippen molar-refractivity contribution in [1.82, 2.24) is 14.8 Å². The summed E-state index contributed by atoms with van der Waals surface area (Å²) in [5.74, 6) is -0.489. The van der Waals surface area contributed by atoms with Gasteiger partial charge in [-0.3, -0.25) is 9.36 Å². The molecular weight excluding hydrogens is 306 g/mol. The third-order valence-electron chi connectivity index (χ3n) is 2.42. The molecule has 0 amide bonds. The Kier molecular flexibility index (Phi) is 5.05. The molecule has 108 valence electrons. The number of thioether (sulfide) groups is 1. The van der Waals surface area contributed by atoms with Gasteiger partial charge in [0.15, 0.2) is 11.0 Å². The molecule has 2 aromatic rings. The van der Waals surface area contributed by atoms with Crippen LogP contribution in [0.4, 0.5) is 0 Å². The maximum Gasteiger partial charge on any atom is 0.313 e. The fraction of sp³-hybridized carbons (Fsp3) is 0.364. The number of aromatic nitrogens is 3. The minimum Gasteiger partial charge on any atom is -0.481 e. The SMILES string of the molecule is COCCn1c(SCC(=O)O)nnc1-c1ccoc1Cl. The monoisotopic (exact) mass is 317 g/mol. The van der Waals surface area contributed by atoms with Crippen LogP contribution in [0.5, 0.6) is 0 Å². The van der Waals surface area contributed by atoms with Crippen LogP contribution < -0.4 is 0 Å². The Morgan fingerprint density at radius 3 is 3.00 bits per heavy atom. The molecule has 0 radical (unpaired) electrons. The lowest BCUT2D eigenvalue weighted by Gasteiger charge is -2.08. The van der Waals surface area contributed by atoms with E-state index in [9.17, 15) is 4.79 Å². The number of nitrogens with zero attached hydrogens (tertiary/aromatic N) is 3. The molecule has 0 unspecified atom stereocenters. The van der Waals surface area contributed by atoms with E-state index in [1.54, 1.807) is 17.7 Å². The maximum atomic E-state index is 10.6. The van der Waals surface area contributed by atoms with Gasteiger partial charge in [0, 0.05) is 7.11 Å². The number of aliphatic carboxylic acids is 1. The first-order chi connectivity index (χ1) is 9.63. The van der Waals surface area contributed by atoms with E-state index in [2.05, 4.69) is 10.2 Å². The molecule has 20 heavy (non-hydrogen) atoms. The van der Waals surface area contributed by atoms with Crippen LogP contribution in [0.15, 0.2) is 21.9 Å². The number of rotatable bonds is 7. The molecule has 0 aliphatic rings. The molecule has 9 heteroatoms. The van der Waals surface area contributed by atoms with Crippen molar-refractivity contribution in [1.29, 1.82) is 0 Å². The molecule has 0 aromatic carbocycles. The molecule has 1 N–H and O–H groups in total. The molecule has 0 aliphatic heterocycles. The second-order valence-electron chi connectivity index (χ2n) is 3.74.